The highest BCUT2D eigenvalue weighted by Crippen LogP contribution is 2.46. The summed E-state index contributed by atoms with van der Waals surface area (Å²) in [5, 5.41) is 0. The van der Waals surface area contributed by atoms with Crippen molar-refractivity contribution < 1.29 is 0 Å². The quantitative estimate of drug-likeness (QED) is 0.205. The van der Waals surface area contributed by atoms with Gasteiger partial charge in [-0.3, -0.25) is 0 Å². The molecule has 5 aromatic rings. The van der Waals surface area contributed by atoms with E-state index in [0.717, 1.165) is 0 Å². The van der Waals surface area contributed by atoms with Crippen LogP contribution < -0.4 is 26.2 Å². The molecule has 0 unspecified atom stereocenters. The largest absolute Gasteiger partial charge is 0.311 e. The Morgan fingerprint density at radius 1 is 0.524 bits per heavy atom. The molecule has 8 rings (SSSR count). The number of para-hydroxylation sites is 2. The van der Waals surface area contributed by atoms with Gasteiger partial charge in [0.15, 0.2) is 0 Å². The summed E-state index contributed by atoms with van der Waals surface area (Å²) in [7, 11) is 0. The van der Waals surface area contributed by atoms with Gasteiger partial charge in [0.05, 0.1) is 0 Å². The molecule has 1 fully saturated rings. The Morgan fingerprint density at radius 2 is 1.17 bits per heavy atom. The zero-order valence-electron chi connectivity index (χ0n) is 24.9. The third kappa shape index (κ3) is 4.01. The Bertz CT molecular complexity index is 1800. The standard InChI is InChI=1S/C39H37BN2/c1-26-18-19-34-36(23-26)41(31-14-8-5-9-15-31)37-24-30(29-12-6-4-7-13-29)25-38-39(37)40(34)33-16-10-11-17-35(33)42(38)32-21-27(2)20-28(3)22-32/h5,8-11,14-25,29H,4,6-7,12-13H2,1-3H3. The van der Waals surface area contributed by atoms with E-state index < -0.39 is 0 Å². The zero-order chi connectivity index (χ0) is 28.4. The molecule has 0 atom stereocenters. The minimum Gasteiger partial charge on any atom is -0.311 e. The van der Waals surface area contributed by atoms with Crippen molar-refractivity contribution in [3.05, 3.63) is 125 Å². The molecule has 206 valence electrons. The summed E-state index contributed by atoms with van der Waals surface area (Å²) in [5.74, 6) is 0.605. The van der Waals surface area contributed by atoms with Gasteiger partial charge in [0.2, 0.25) is 0 Å². The zero-order valence-corrected chi connectivity index (χ0v) is 24.9. The lowest BCUT2D eigenvalue weighted by molar-refractivity contribution is 0.444. The first-order chi connectivity index (χ1) is 20.6. The molecule has 1 aliphatic carbocycles. The predicted molar refractivity (Wildman–Crippen MR) is 181 cm³/mol. The molecule has 1 saturated carbocycles. The third-order valence-electron chi connectivity index (χ3n) is 9.71. The van der Waals surface area contributed by atoms with Crippen molar-refractivity contribution in [1.29, 1.82) is 0 Å². The summed E-state index contributed by atoms with van der Waals surface area (Å²) < 4.78 is 0. The number of aryl methyl sites for hydroxylation is 3. The van der Waals surface area contributed by atoms with Gasteiger partial charge in [0.1, 0.15) is 0 Å². The van der Waals surface area contributed by atoms with Crippen molar-refractivity contribution in [3.63, 3.8) is 0 Å². The van der Waals surface area contributed by atoms with E-state index in [9.17, 15) is 0 Å². The molecule has 0 saturated heterocycles. The number of nitrogens with zero attached hydrogens (tertiary/aromatic N) is 2. The number of hydrogen-bond acceptors (Lipinski definition) is 2. The molecule has 0 spiro atoms. The van der Waals surface area contributed by atoms with Crippen LogP contribution in [0.15, 0.2) is 103 Å². The minimum absolute atomic E-state index is 0.185. The average Bonchev–Trinajstić information content (AvgIpc) is 3.01. The summed E-state index contributed by atoms with van der Waals surface area (Å²) in [5.41, 5.74) is 17.3. The first-order valence-corrected chi connectivity index (χ1v) is 15.7. The molecule has 2 heterocycles. The van der Waals surface area contributed by atoms with Crippen molar-refractivity contribution in [2.45, 2.75) is 58.8 Å². The Balaban J connectivity index is 1.48. The molecule has 0 aromatic heterocycles. The maximum absolute atomic E-state index is 2.57. The lowest BCUT2D eigenvalue weighted by Gasteiger charge is -2.45. The van der Waals surface area contributed by atoms with Gasteiger partial charge in [-0.1, -0.05) is 73.9 Å². The highest BCUT2D eigenvalue weighted by molar-refractivity contribution is 7.00. The summed E-state index contributed by atoms with van der Waals surface area (Å²) in [6, 6.07) is 39.3. The average molecular weight is 545 g/mol. The molecular formula is C39H37BN2. The van der Waals surface area contributed by atoms with Gasteiger partial charge in [0, 0.05) is 34.1 Å². The van der Waals surface area contributed by atoms with E-state index >= 15 is 0 Å². The highest BCUT2D eigenvalue weighted by atomic mass is 15.2. The van der Waals surface area contributed by atoms with Crippen molar-refractivity contribution in [3.8, 4) is 0 Å². The van der Waals surface area contributed by atoms with Gasteiger partial charge in [-0.05, 0) is 127 Å². The van der Waals surface area contributed by atoms with E-state index in [4.69, 9.17) is 0 Å². The summed E-state index contributed by atoms with van der Waals surface area (Å²) >= 11 is 0. The fraction of sp³-hybridized carbons (Fsp3) is 0.231. The summed E-state index contributed by atoms with van der Waals surface area (Å²) in [6.45, 7) is 6.85. The van der Waals surface area contributed by atoms with Crippen molar-refractivity contribution in [2.24, 2.45) is 0 Å². The number of fused-ring (bicyclic) bond motifs is 4. The van der Waals surface area contributed by atoms with Gasteiger partial charge in [0.25, 0.3) is 6.71 Å². The second kappa shape index (κ2) is 9.95. The maximum Gasteiger partial charge on any atom is 0.252 e. The molecular weight excluding hydrogens is 507 g/mol. The number of benzene rings is 5. The Morgan fingerprint density at radius 3 is 1.90 bits per heavy atom. The van der Waals surface area contributed by atoms with Crippen molar-refractivity contribution >= 4 is 57.2 Å². The first kappa shape index (κ1) is 25.5. The van der Waals surface area contributed by atoms with Crippen LogP contribution in [0, 0.1) is 20.8 Å². The molecule has 2 aliphatic heterocycles. The smallest absolute Gasteiger partial charge is 0.252 e. The fourth-order valence-electron chi connectivity index (χ4n) is 7.96. The molecule has 2 nitrogen and oxygen atoms in total. The van der Waals surface area contributed by atoms with Gasteiger partial charge >= 0.3 is 0 Å². The van der Waals surface area contributed by atoms with Gasteiger partial charge < -0.3 is 9.80 Å². The van der Waals surface area contributed by atoms with Crippen molar-refractivity contribution in [2.75, 3.05) is 9.80 Å². The monoisotopic (exact) mass is 544 g/mol. The molecule has 0 bridgehead atoms. The molecule has 0 N–H and O–H groups in total. The van der Waals surface area contributed by atoms with Crippen LogP contribution in [0.1, 0.15) is 60.3 Å². The molecule has 3 heteroatoms. The highest BCUT2D eigenvalue weighted by Gasteiger charge is 2.43. The van der Waals surface area contributed by atoms with Crippen LogP contribution in [0.4, 0.5) is 34.1 Å². The predicted octanol–water partition coefficient (Wildman–Crippen LogP) is 8.74. The minimum atomic E-state index is 0.185. The lowest BCUT2D eigenvalue weighted by atomic mass is 9.33. The topological polar surface area (TPSA) is 6.48 Å². The lowest BCUT2D eigenvalue weighted by Crippen LogP contribution is -2.61. The molecule has 3 aliphatic rings. The fourth-order valence-corrected chi connectivity index (χ4v) is 7.96. The first-order valence-electron chi connectivity index (χ1n) is 15.7. The van der Waals surface area contributed by atoms with Crippen LogP contribution in [0.5, 0.6) is 0 Å². The summed E-state index contributed by atoms with van der Waals surface area (Å²) in [4.78, 5) is 5.12. The Labute approximate surface area is 250 Å². The van der Waals surface area contributed by atoms with E-state index in [-0.39, 0.29) is 6.71 Å². The Hall–Kier alpha value is -4.24. The van der Waals surface area contributed by atoms with Crippen LogP contribution in [0.3, 0.4) is 0 Å². The van der Waals surface area contributed by atoms with Crippen LogP contribution >= 0.6 is 0 Å². The normalized spacial score (nSPS) is 15.7. The van der Waals surface area contributed by atoms with E-state index in [0.29, 0.717) is 5.92 Å². The second-order valence-corrected chi connectivity index (χ2v) is 12.7. The third-order valence-corrected chi connectivity index (χ3v) is 9.71. The number of hydrogen-bond donors (Lipinski definition) is 0. The van der Waals surface area contributed by atoms with Gasteiger partial charge in [-0.15, -0.1) is 0 Å². The molecule has 0 radical (unpaired) electrons. The van der Waals surface area contributed by atoms with Crippen LogP contribution in [0.2, 0.25) is 0 Å². The van der Waals surface area contributed by atoms with Crippen LogP contribution in [-0.4, -0.2) is 6.71 Å². The van der Waals surface area contributed by atoms with E-state index in [2.05, 4.69) is 134 Å². The summed E-state index contributed by atoms with van der Waals surface area (Å²) in [6.07, 6.45) is 6.58. The van der Waals surface area contributed by atoms with Crippen molar-refractivity contribution in [1.82, 2.24) is 0 Å². The van der Waals surface area contributed by atoms with E-state index in [1.165, 1.54) is 105 Å². The molecule has 5 aromatic carbocycles. The van der Waals surface area contributed by atoms with Crippen LogP contribution in [-0.2, 0) is 0 Å². The SMILES string of the molecule is Cc1cc(C)cc(N2c3ccccc3B3c4ccc(C)cc4N(c4ccccc4)c4cc(C5CCCCC5)cc2c43)c1. The van der Waals surface area contributed by atoms with Gasteiger partial charge in [-0.2, -0.15) is 0 Å². The molecule has 0 amide bonds. The Kier molecular flexibility index (Phi) is 6.03. The van der Waals surface area contributed by atoms with E-state index in [1.807, 2.05) is 0 Å². The maximum atomic E-state index is 2.57. The van der Waals surface area contributed by atoms with E-state index in [1.54, 1.807) is 0 Å². The van der Waals surface area contributed by atoms with Gasteiger partial charge in [-0.25, -0.2) is 0 Å². The second-order valence-electron chi connectivity index (χ2n) is 12.7. The number of rotatable bonds is 3. The van der Waals surface area contributed by atoms with Crippen LogP contribution in [0.25, 0.3) is 0 Å². The molecule has 42 heavy (non-hydrogen) atoms. The number of anilines is 6.